The highest BCUT2D eigenvalue weighted by atomic mass is 16.6. The monoisotopic (exact) mass is 233 g/mol. The predicted octanol–water partition coefficient (Wildman–Crippen LogP) is 1.93. The van der Waals surface area contributed by atoms with E-state index in [0.717, 1.165) is 0 Å². The lowest BCUT2D eigenvalue weighted by atomic mass is 10.2. The van der Waals surface area contributed by atoms with Crippen LogP contribution in [0.5, 0.6) is 5.75 Å². The fourth-order valence-corrected chi connectivity index (χ4v) is 1.20. The molecule has 0 aliphatic rings. The number of aldehydes is 1. The molecule has 0 heterocycles. The average molecular weight is 233 g/mol. The van der Waals surface area contributed by atoms with E-state index in [1.165, 1.54) is 18.2 Å². The van der Waals surface area contributed by atoms with Crippen molar-refractivity contribution in [3.8, 4) is 17.6 Å². The van der Waals surface area contributed by atoms with Crippen LogP contribution in [0, 0.1) is 22.0 Å². The maximum atomic E-state index is 10.6. The third-order valence-corrected chi connectivity index (χ3v) is 1.88. The maximum Gasteiger partial charge on any atom is 0.270 e. The second kappa shape index (κ2) is 6.28. The molecule has 0 unspecified atom stereocenters. The molecular weight excluding hydrogens is 222 g/mol. The van der Waals surface area contributed by atoms with Gasteiger partial charge in [-0.25, -0.2) is 0 Å². The summed E-state index contributed by atoms with van der Waals surface area (Å²) in [5.41, 5.74) is 0.367. The summed E-state index contributed by atoms with van der Waals surface area (Å²) < 4.78 is 5.29. The summed E-state index contributed by atoms with van der Waals surface area (Å²) >= 11 is 0. The fourth-order valence-electron chi connectivity index (χ4n) is 1.20. The SMILES string of the molecule is CCOc1ccc([N+](=O)[O-])cc1C#CCC=O. The van der Waals surface area contributed by atoms with Crippen molar-refractivity contribution < 1.29 is 14.5 Å². The summed E-state index contributed by atoms with van der Waals surface area (Å²) in [4.78, 5) is 20.3. The van der Waals surface area contributed by atoms with Gasteiger partial charge >= 0.3 is 0 Å². The highest BCUT2D eigenvalue weighted by molar-refractivity contribution is 5.57. The van der Waals surface area contributed by atoms with Crippen molar-refractivity contribution in [2.24, 2.45) is 0 Å². The molecule has 0 bridgehead atoms. The summed E-state index contributed by atoms with van der Waals surface area (Å²) in [6.07, 6.45) is 0.763. The van der Waals surface area contributed by atoms with E-state index in [-0.39, 0.29) is 12.1 Å². The van der Waals surface area contributed by atoms with Gasteiger partial charge in [0.05, 0.1) is 23.5 Å². The van der Waals surface area contributed by atoms with Crippen LogP contribution in [0.3, 0.4) is 0 Å². The van der Waals surface area contributed by atoms with Gasteiger partial charge in [-0.05, 0) is 13.0 Å². The Balaban J connectivity index is 3.11. The van der Waals surface area contributed by atoms with E-state index >= 15 is 0 Å². The van der Waals surface area contributed by atoms with Gasteiger partial charge < -0.3 is 9.53 Å². The molecule has 0 saturated heterocycles. The molecule has 1 rings (SSSR count). The van der Waals surface area contributed by atoms with Gasteiger partial charge in [-0.3, -0.25) is 10.1 Å². The number of ether oxygens (including phenoxy) is 1. The van der Waals surface area contributed by atoms with Crippen molar-refractivity contribution in [2.75, 3.05) is 6.61 Å². The van der Waals surface area contributed by atoms with E-state index in [0.29, 0.717) is 24.2 Å². The molecule has 0 radical (unpaired) electrons. The number of nitrogens with zero attached hydrogens (tertiary/aromatic N) is 1. The lowest BCUT2D eigenvalue weighted by molar-refractivity contribution is -0.384. The molecule has 0 N–H and O–H groups in total. The third-order valence-electron chi connectivity index (χ3n) is 1.88. The molecule has 0 fully saturated rings. The molecule has 0 spiro atoms. The average Bonchev–Trinajstić information content (AvgIpc) is 2.31. The first-order valence-electron chi connectivity index (χ1n) is 5.02. The van der Waals surface area contributed by atoms with Crippen LogP contribution in [-0.4, -0.2) is 17.8 Å². The third kappa shape index (κ3) is 3.61. The summed E-state index contributed by atoms with van der Waals surface area (Å²) in [5, 5.41) is 10.6. The molecule has 1 aromatic rings. The van der Waals surface area contributed by atoms with Crippen LogP contribution in [0.2, 0.25) is 0 Å². The van der Waals surface area contributed by atoms with Crippen LogP contribution >= 0.6 is 0 Å². The van der Waals surface area contributed by atoms with Crippen LogP contribution in [0.4, 0.5) is 5.69 Å². The summed E-state index contributed by atoms with van der Waals surface area (Å²) in [6, 6.07) is 4.20. The standard InChI is InChI=1S/C12H11NO4/c1-2-17-12-7-6-11(13(15)16)9-10(12)5-3-4-8-14/h6-9H,2,4H2,1H3. The van der Waals surface area contributed by atoms with Gasteiger partial charge in [-0.15, -0.1) is 0 Å². The number of benzene rings is 1. The Hall–Kier alpha value is -2.35. The number of hydrogen-bond acceptors (Lipinski definition) is 4. The molecule has 0 aliphatic heterocycles. The minimum absolute atomic E-state index is 0.0520. The molecule has 0 amide bonds. The van der Waals surface area contributed by atoms with Gasteiger partial charge in [-0.2, -0.15) is 0 Å². The summed E-state index contributed by atoms with van der Waals surface area (Å²) in [7, 11) is 0. The Bertz CT molecular complexity index is 485. The van der Waals surface area contributed by atoms with Crippen molar-refractivity contribution in [2.45, 2.75) is 13.3 Å². The summed E-state index contributed by atoms with van der Waals surface area (Å²) in [6.45, 7) is 2.25. The predicted molar refractivity (Wildman–Crippen MR) is 61.8 cm³/mol. The van der Waals surface area contributed by atoms with Crippen molar-refractivity contribution in [1.82, 2.24) is 0 Å². The van der Waals surface area contributed by atoms with Gasteiger partial charge in [0.15, 0.2) is 0 Å². The zero-order valence-corrected chi connectivity index (χ0v) is 9.30. The Kier molecular flexibility index (Phi) is 4.70. The molecule has 17 heavy (non-hydrogen) atoms. The second-order valence-electron chi connectivity index (χ2n) is 3.04. The van der Waals surface area contributed by atoms with Crippen LogP contribution in [-0.2, 0) is 4.79 Å². The lowest BCUT2D eigenvalue weighted by Crippen LogP contribution is -1.96. The Morgan fingerprint density at radius 3 is 2.88 bits per heavy atom. The number of hydrogen-bond donors (Lipinski definition) is 0. The van der Waals surface area contributed by atoms with Gasteiger partial charge in [0.2, 0.25) is 0 Å². The van der Waals surface area contributed by atoms with E-state index in [1.807, 2.05) is 6.92 Å². The van der Waals surface area contributed by atoms with Crippen molar-refractivity contribution in [3.63, 3.8) is 0 Å². The van der Waals surface area contributed by atoms with Crippen LogP contribution in [0.1, 0.15) is 18.9 Å². The Labute approximate surface area is 98.5 Å². The van der Waals surface area contributed by atoms with Crippen molar-refractivity contribution in [3.05, 3.63) is 33.9 Å². The van der Waals surface area contributed by atoms with Gasteiger partial charge in [0.25, 0.3) is 5.69 Å². The van der Waals surface area contributed by atoms with Gasteiger partial charge in [0, 0.05) is 12.1 Å². The second-order valence-corrected chi connectivity index (χ2v) is 3.04. The minimum atomic E-state index is -0.499. The first-order valence-corrected chi connectivity index (χ1v) is 5.02. The van der Waals surface area contributed by atoms with Gasteiger partial charge in [0.1, 0.15) is 12.0 Å². The quantitative estimate of drug-likeness (QED) is 0.345. The zero-order chi connectivity index (χ0) is 12.7. The molecule has 0 saturated carbocycles. The molecule has 0 aromatic heterocycles. The topological polar surface area (TPSA) is 69.4 Å². The molecular formula is C12H11NO4. The van der Waals surface area contributed by atoms with E-state index in [2.05, 4.69) is 11.8 Å². The van der Waals surface area contributed by atoms with E-state index in [9.17, 15) is 14.9 Å². The van der Waals surface area contributed by atoms with Crippen molar-refractivity contribution in [1.29, 1.82) is 0 Å². The van der Waals surface area contributed by atoms with Crippen LogP contribution < -0.4 is 4.74 Å². The van der Waals surface area contributed by atoms with Crippen molar-refractivity contribution >= 4 is 12.0 Å². The Morgan fingerprint density at radius 2 is 2.29 bits per heavy atom. The molecule has 1 aromatic carbocycles. The Morgan fingerprint density at radius 1 is 1.53 bits per heavy atom. The minimum Gasteiger partial charge on any atom is -0.493 e. The first kappa shape index (κ1) is 12.7. The number of carbonyl (C=O) groups excluding carboxylic acids is 1. The molecule has 88 valence electrons. The number of carbonyl (C=O) groups is 1. The highest BCUT2D eigenvalue weighted by Crippen LogP contribution is 2.23. The molecule has 5 nitrogen and oxygen atoms in total. The largest absolute Gasteiger partial charge is 0.493 e. The molecule has 0 aliphatic carbocycles. The number of rotatable bonds is 4. The smallest absolute Gasteiger partial charge is 0.270 e. The van der Waals surface area contributed by atoms with Crippen LogP contribution in [0.15, 0.2) is 18.2 Å². The highest BCUT2D eigenvalue weighted by Gasteiger charge is 2.09. The van der Waals surface area contributed by atoms with E-state index in [1.54, 1.807) is 0 Å². The zero-order valence-electron chi connectivity index (χ0n) is 9.30. The van der Waals surface area contributed by atoms with E-state index in [4.69, 9.17) is 4.74 Å². The number of non-ortho nitro benzene ring substituents is 1. The normalized spacial score (nSPS) is 9.00. The molecule has 5 heteroatoms. The maximum absolute atomic E-state index is 10.6. The first-order chi connectivity index (χ1) is 8.19. The lowest BCUT2D eigenvalue weighted by Gasteiger charge is -2.04. The van der Waals surface area contributed by atoms with E-state index < -0.39 is 4.92 Å². The summed E-state index contributed by atoms with van der Waals surface area (Å²) in [5.74, 6) is 5.76. The number of nitro groups is 1. The fraction of sp³-hybridized carbons (Fsp3) is 0.250. The molecule has 0 atom stereocenters. The van der Waals surface area contributed by atoms with Gasteiger partial charge in [-0.1, -0.05) is 11.8 Å². The van der Waals surface area contributed by atoms with Crippen LogP contribution in [0.25, 0.3) is 0 Å². The number of nitro benzene ring substituents is 1.